The first kappa shape index (κ1) is 20.9. The summed E-state index contributed by atoms with van der Waals surface area (Å²) >= 11 is 0. The molecule has 3 heterocycles. The minimum atomic E-state index is -1.50. The van der Waals surface area contributed by atoms with Gasteiger partial charge >= 0.3 is 5.97 Å². The fourth-order valence-electron chi connectivity index (χ4n) is 5.19. The van der Waals surface area contributed by atoms with Gasteiger partial charge in [-0.25, -0.2) is 4.39 Å². The van der Waals surface area contributed by atoms with E-state index in [0.717, 1.165) is 12.0 Å². The lowest BCUT2D eigenvalue weighted by Gasteiger charge is -2.46. The van der Waals surface area contributed by atoms with Crippen molar-refractivity contribution in [3.8, 4) is 0 Å². The molecule has 4 rings (SSSR count). The predicted octanol–water partition coefficient (Wildman–Crippen LogP) is 1.54. The van der Waals surface area contributed by atoms with Gasteiger partial charge in [0.2, 0.25) is 5.91 Å². The summed E-state index contributed by atoms with van der Waals surface area (Å²) in [5.41, 5.74) is -0.599. The zero-order valence-corrected chi connectivity index (χ0v) is 17.1. The van der Waals surface area contributed by atoms with Crippen LogP contribution < -0.4 is 0 Å². The molecule has 3 atom stereocenters. The number of piperidine rings is 1. The summed E-state index contributed by atoms with van der Waals surface area (Å²) in [6.45, 7) is 2.31. The van der Waals surface area contributed by atoms with Gasteiger partial charge in [0.15, 0.2) is 11.2 Å². The molecule has 1 amide bonds. The van der Waals surface area contributed by atoms with Crippen LogP contribution in [0.5, 0.6) is 0 Å². The van der Waals surface area contributed by atoms with Gasteiger partial charge in [-0.1, -0.05) is 12.1 Å². The molecule has 0 radical (unpaired) electrons. The Hall–Kier alpha value is -2.32. The number of hydrogen-bond acceptors (Lipinski definition) is 6. The van der Waals surface area contributed by atoms with Gasteiger partial charge in [-0.2, -0.15) is 0 Å². The third-order valence-electron chi connectivity index (χ3n) is 6.75. The molecule has 0 saturated carbocycles. The molecule has 0 N–H and O–H groups in total. The van der Waals surface area contributed by atoms with E-state index in [2.05, 4.69) is 4.90 Å². The second-order valence-corrected chi connectivity index (χ2v) is 8.31. The highest BCUT2D eigenvalue weighted by Gasteiger charge is 2.62. The topological polar surface area (TPSA) is 76.1 Å². The van der Waals surface area contributed by atoms with Gasteiger partial charge in [0.25, 0.3) is 0 Å². The van der Waals surface area contributed by atoms with E-state index in [9.17, 15) is 18.8 Å². The Morgan fingerprint density at radius 1 is 1.20 bits per heavy atom. The minimum absolute atomic E-state index is 0.0174. The number of fused-ring (bicyclic) bond motifs is 2. The van der Waals surface area contributed by atoms with Gasteiger partial charge in [0.1, 0.15) is 5.82 Å². The molecule has 30 heavy (non-hydrogen) atoms. The summed E-state index contributed by atoms with van der Waals surface area (Å²) < 4.78 is 23.7. The van der Waals surface area contributed by atoms with Crippen molar-refractivity contribution in [1.29, 1.82) is 0 Å². The highest BCUT2D eigenvalue weighted by Crippen LogP contribution is 2.48. The molecule has 1 aromatic carbocycles. The molecule has 3 aliphatic heterocycles. The number of carbonyl (C=O) groups excluding carboxylic acids is 3. The molecule has 1 aromatic rings. The van der Waals surface area contributed by atoms with Gasteiger partial charge in [-0.3, -0.25) is 19.3 Å². The molecular formula is C22H27FN2O5. The summed E-state index contributed by atoms with van der Waals surface area (Å²) in [5.74, 6) is -1.37. The lowest BCUT2D eigenvalue weighted by atomic mass is 9.69. The number of halogens is 1. The number of benzene rings is 1. The summed E-state index contributed by atoms with van der Waals surface area (Å²) in [6, 6.07) is 5.84. The van der Waals surface area contributed by atoms with Crippen LogP contribution in [0.2, 0.25) is 0 Å². The summed E-state index contributed by atoms with van der Waals surface area (Å²) in [7, 11) is 1.27. The van der Waals surface area contributed by atoms with E-state index >= 15 is 0 Å². The highest BCUT2D eigenvalue weighted by atomic mass is 19.1. The number of hydrogen-bond donors (Lipinski definition) is 0. The Kier molecular flexibility index (Phi) is 5.88. The number of esters is 1. The molecule has 0 aliphatic carbocycles. The summed E-state index contributed by atoms with van der Waals surface area (Å²) in [6.07, 6.45) is 1.45. The number of amides is 1. The number of Topliss-reactive ketones (excluding diaryl/α,β-unsaturated/α-hetero) is 1. The summed E-state index contributed by atoms with van der Waals surface area (Å²) in [5, 5.41) is 0. The van der Waals surface area contributed by atoms with Crippen molar-refractivity contribution < 1.29 is 28.2 Å². The SMILES string of the molecule is COC(=O)C1(CC(=O)N2CCOCC2)C(=O)CC2CCC1N2Cc1ccc(F)cc1. The van der Waals surface area contributed by atoms with Crippen LogP contribution >= 0.6 is 0 Å². The molecule has 3 aliphatic rings. The average molecular weight is 418 g/mol. The molecule has 0 aromatic heterocycles. The van der Waals surface area contributed by atoms with Crippen molar-refractivity contribution in [2.75, 3.05) is 33.4 Å². The van der Waals surface area contributed by atoms with E-state index < -0.39 is 17.4 Å². The Morgan fingerprint density at radius 3 is 2.57 bits per heavy atom. The lowest BCUT2D eigenvalue weighted by Crippen LogP contribution is -2.61. The maximum atomic E-state index is 13.3. The van der Waals surface area contributed by atoms with Crippen LogP contribution in [0.25, 0.3) is 0 Å². The lowest BCUT2D eigenvalue weighted by molar-refractivity contribution is -0.171. The number of nitrogens with zero attached hydrogens (tertiary/aromatic N) is 2. The van der Waals surface area contributed by atoms with Crippen molar-refractivity contribution in [1.82, 2.24) is 9.80 Å². The van der Waals surface area contributed by atoms with E-state index in [4.69, 9.17) is 9.47 Å². The number of methoxy groups -OCH3 is 1. The van der Waals surface area contributed by atoms with Crippen LogP contribution in [-0.2, 0) is 30.4 Å². The molecule has 162 valence electrons. The fraction of sp³-hybridized carbons (Fsp3) is 0.591. The Labute approximate surface area is 175 Å². The number of morpholine rings is 1. The second kappa shape index (κ2) is 8.43. The van der Waals surface area contributed by atoms with Gasteiger partial charge in [-0.15, -0.1) is 0 Å². The normalized spacial score (nSPS) is 29.1. The van der Waals surface area contributed by atoms with Gasteiger partial charge in [0, 0.05) is 38.1 Å². The average Bonchev–Trinajstić information content (AvgIpc) is 3.08. The molecule has 2 bridgehead atoms. The van der Waals surface area contributed by atoms with Crippen molar-refractivity contribution in [3.63, 3.8) is 0 Å². The van der Waals surface area contributed by atoms with Crippen LogP contribution in [0.4, 0.5) is 4.39 Å². The zero-order chi connectivity index (χ0) is 21.3. The Balaban J connectivity index is 1.63. The predicted molar refractivity (Wildman–Crippen MR) is 105 cm³/mol. The number of carbonyl (C=O) groups is 3. The first-order valence-corrected chi connectivity index (χ1v) is 10.4. The molecule has 8 heteroatoms. The van der Waals surface area contributed by atoms with Gasteiger partial charge in [0.05, 0.1) is 26.7 Å². The molecule has 3 unspecified atom stereocenters. The monoisotopic (exact) mass is 418 g/mol. The van der Waals surface area contributed by atoms with Crippen LogP contribution in [0.3, 0.4) is 0 Å². The van der Waals surface area contributed by atoms with E-state index in [1.165, 1.54) is 19.2 Å². The zero-order valence-electron chi connectivity index (χ0n) is 17.1. The van der Waals surface area contributed by atoms with Crippen LogP contribution in [-0.4, -0.2) is 73.0 Å². The number of ether oxygens (including phenoxy) is 2. The van der Waals surface area contributed by atoms with E-state index in [1.807, 2.05) is 0 Å². The quantitative estimate of drug-likeness (QED) is 0.533. The first-order valence-electron chi connectivity index (χ1n) is 10.4. The largest absolute Gasteiger partial charge is 0.468 e. The third-order valence-corrected chi connectivity index (χ3v) is 6.75. The Morgan fingerprint density at radius 2 is 1.90 bits per heavy atom. The van der Waals surface area contributed by atoms with Gasteiger partial charge in [-0.05, 0) is 30.5 Å². The fourth-order valence-corrected chi connectivity index (χ4v) is 5.19. The van der Waals surface area contributed by atoms with Crippen LogP contribution in [0, 0.1) is 11.2 Å². The van der Waals surface area contributed by atoms with Crippen molar-refractivity contribution >= 4 is 17.7 Å². The molecule has 3 saturated heterocycles. The number of ketones is 1. The van der Waals surface area contributed by atoms with Crippen molar-refractivity contribution in [3.05, 3.63) is 35.6 Å². The molecule has 3 fully saturated rings. The Bertz CT molecular complexity index is 823. The van der Waals surface area contributed by atoms with Crippen molar-refractivity contribution in [2.45, 2.75) is 44.3 Å². The maximum Gasteiger partial charge on any atom is 0.321 e. The maximum absolute atomic E-state index is 13.3. The highest BCUT2D eigenvalue weighted by molar-refractivity contribution is 6.08. The first-order chi connectivity index (χ1) is 14.5. The third kappa shape index (κ3) is 3.63. The van der Waals surface area contributed by atoms with Gasteiger partial charge < -0.3 is 14.4 Å². The summed E-state index contributed by atoms with van der Waals surface area (Å²) in [4.78, 5) is 43.2. The van der Waals surface area contributed by atoms with E-state index in [-0.39, 0.29) is 36.4 Å². The van der Waals surface area contributed by atoms with Crippen LogP contribution in [0.1, 0.15) is 31.2 Å². The van der Waals surface area contributed by atoms with Crippen molar-refractivity contribution in [2.24, 2.45) is 5.41 Å². The van der Waals surface area contributed by atoms with E-state index in [1.54, 1.807) is 17.0 Å². The molecule has 7 nitrogen and oxygen atoms in total. The minimum Gasteiger partial charge on any atom is -0.468 e. The van der Waals surface area contributed by atoms with E-state index in [0.29, 0.717) is 39.3 Å². The number of rotatable bonds is 5. The molecule has 0 spiro atoms. The van der Waals surface area contributed by atoms with Crippen LogP contribution in [0.15, 0.2) is 24.3 Å². The standard InChI is InChI=1S/C22H27FN2O5/c1-29-21(28)22(13-20(27)24-8-10-30-11-9-24)18-7-6-17(12-19(22)26)25(18)14-15-2-4-16(23)5-3-15/h2-5,17-18H,6-14H2,1H3. The molecular weight excluding hydrogens is 391 g/mol. The second-order valence-electron chi connectivity index (χ2n) is 8.31. The smallest absolute Gasteiger partial charge is 0.321 e.